The molecule has 1 fully saturated rings. The first-order valence-corrected chi connectivity index (χ1v) is 10.7. The number of benzene rings is 2. The molecule has 2 amide bonds. The highest BCUT2D eigenvalue weighted by Gasteiger charge is 2.35. The van der Waals surface area contributed by atoms with Crippen molar-refractivity contribution in [3.63, 3.8) is 0 Å². The molecule has 0 unspecified atom stereocenters. The number of nitrogens with zero attached hydrogens (tertiary/aromatic N) is 4. The number of halogens is 1. The summed E-state index contributed by atoms with van der Waals surface area (Å²) < 4.78 is 19.9. The van der Waals surface area contributed by atoms with E-state index < -0.39 is 6.04 Å². The second-order valence-electron chi connectivity index (χ2n) is 8.04. The summed E-state index contributed by atoms with van der Waals surface area (Å²) in [7, 11) is 1.60. The Morgan fingerprint density at radius 1 is 1.06 bits per heavy atom. The molecule has 2 aromatic carbocycles. The van der Waals surface area contributed by atoms with Gasteiger partial charge in [-0.3, -0.25) is 14.5 Å². The Kier molecular flexibility index (Phi) is 6.50. The van der Waals surface area contributed by atoms with Crippen LogP contribution >= 0.6 is 0 Å². The van der Waals surface area contributed by atoms with Gasteiger partial charge in [-0.25, -0.2) is 9.40 Å². The molecular weight excluding hydrogens is 411 g/mol. The number of ether oxygens (including phenoxy) is 1. The lowest BCUT2D eigenvalue weighted by Crippen LogP contribution is -2.50. The first-order chi connectivity index (χ1) is 15.5. The van der Waals surface area contributed by atoms with Crippen molar-refractivity contribution in [3.8, 4) is 5.75 Å². The Balaban J connectivity index is 1.55. The van der Waals surface area contributed by atoms with E-state index in [2.05, 4.69) is 5.10 Å². The predicted molar refractivity (Wildman–Crippen MR) is 119 cm³/mol. The molecule has 1 saturated heterocycles. The molecular formula is C24H27FN4O3. The van der Waals surface area contributed by atoms with Crippen molar-refractivity contribution in [3.05, 3.63) is 65.5 Å². The molecule has 0 N–H and O–H groups in total. The van der Waals surface area contributed by atoms with Gasteiger partial charge in [0.25, 0.3) is 5.91 Å². The standard InChI is InChI=1S/C24H27FN4O3/c1-17(30)28-13-11-27(12-14-28)16-24(31)29-23(20-5-3-4-6-21(20)25)15-22(26-29)18-7-9-19(32-2)10-8-18/h3-10,23H,11-16H2,1-2H3/t23-/m1/s1. The fraction of sp³-hybridized carbons (Fsp3) is 0.375. The van der Waals surface area contributed by atoms with Crippen LogP contribution in [0.1, 0.15) is 30.5 Å². The summed E-state index contributed by atoms with van der Waals surface area (Å²) in [6.45, 7) is 4.17. The first kappa shape index (κ1) is 22.0. The van der Waals surface area contributed by atoms with Gasteiger partial charge < -0.3 is 9.64 Å². The van der Waals surface area contributed by atoms with Crippen molar-refractivity contribution in [1.82, 2.24) is 14.8 Å². The average Bonchev–Trinajstić information content (AvgIpc) is 3.25. The minimum atomic E-state index is -0.501. The zero-order valence-corrected chi connectivity index (χ0v) is 18.3. The van der Waals surface area contributed by atoms with E-state index in [0.717, 1.165) is 17.0 Å². The third-order valence-electron chi connectivity index (χ3n) is 6.03. The molecule has 32 heavy (non-hydrogen) atoms. The summed E-state index contributed by atoms with van der Waals surface area (Å²) in [5.74, 6) is 0.245. The van der Waals surface area contributed by atoms with Gasteiger partial charge in [-0.2, -0.15) is 5.10 Å². The maximum absolute atomic E-state index is 14.6. The van der Waals surface area contributed by atoms with Crippen LogP contribution in [0.15, 0.2) is 53.6 Å². The highest BCUT2D eigenvalue weighted by Crippen LogP contribution is 2.34. The summed E-state index contributed by atoms with van der Waals surface area (Å²) in [6, 6.07) is 13.5. The van der Waals surface area contributed by atoms with Gasteiger partial charge in [-0.15, -0.1) is 0 Å². The molecule has 8 heteroatoms. The van der Waals surface area contributed by atoms with E-state index in [0.29, 0.717) is 38.2 Å². The molecule has 0 spiro atoms. The number of amides is 2. The Labute approximate surface area is 187 Å². The quantitative estimate of drug-likeness (QED) is 0.720. The summed E-state index contributed by atoms with van der Waals surface area (Å²) in [5.41, 5.74) is 2.06. The van der Waals surface area contributed by atoms with Crippen LogP contribution in [-0.4, -0.2) is 72.2 Å². The molecule has 4 rings (SSSR count). The maximum Gasteiger partial charge on any atom is 0.257 e. The van der Waals surface area contributed by atoms with Crippen LogP contribution in [0.5, 0.6) is 5.75 Å². The van der Waals surface area contributed by atoms with E-state index in [9.17, 15) is 14.0 Å². The van der Waals surface area contributed by atoms with Crippen molar-refractivity contribution in [1.29, 1.82) is 0 Å². The fourth-order valence-corrected chi connectivity index (χ4v) is 4.17. The van der Waals surface area contributed by atoms with Gasteiger partial charge in [0.15, 0.2) is 0 Å². The number of methoxy groups -OCH3 is 1. The zero-order chi connectivity index (χ0) is 22.7. The van der Waals surface area contributed by atoms with Gasteiger partial charge in [0.2, 0.25) is 5.91 Å². The van der Waals surface area contributed by atoms with Gasteiger partial charge in [-0.1, -0.05) is 18.2 Å². The number of carbonyl (C=O) groups is 2. The molecule has 7 nitrogen and oxygen atoms in total. The smallest absolute Gasteiger partial charge is 0.257 e. The fourth-order valence-electron chi connectivity index (χ4n) is 4.17. The largest absolute Gasteiger partial charge is 0.497 e. The van der Waals surface area contributed by atoms with Crippen LogP contribution < -0.4 is 4.74 Å². The molecule has 0 saturated carbocycles. The molecule has 2 aliphatic heterocycles. The number of hydrogen-bond acceptors (Lipinski definition) is 5. The van der Waals surface area contributed by atoms with Crippen molar-refractivity contribution < 1.29 is 18.7 Å². The van der Waals surface area contributed by atoms with Crippen molar-refractivity contribution in [2.45, 2.75) is 19.4 Å². The summed E-state index contributed by atoms with van der Waals surface area (Å²) in [6.07, 6.45) is 0.428. The van der Waals surface area contributed by atoms with Crippen LogP contribution in [0, 0.1) is 5.82 Å². The second kappa shape index (κ2) is 9.48. The Morgan fingerprint density at radius 2 is 1.75 bits per heavy atom. The Bertz CT molecular complexity index is 1020. The van der Waals surface area contributed by atoms with Gasteiger partial charge in [-0.05, 0) is 35.9 Å². The maximum atomic E-state index is 14.6. The van der Waals surface area contributed by atoms with E-state index in [-0.39, 0.29) is 24.2 Å². The highest BCUT2D eigenvalue weighted by atomic mass is 19.1. The van der Waals surface area contributed by atoms with Gasteiger partial charge in [0.1, 0.15) is 11.6 Å². The summed E-state index contributed by atoms with van der Waals surface area (Å²) >= 11 is 0. The highest BCUT2D eigenvalue weighted by molar-refractivity contribution is 6.03. The SMILES string of the molecule is COc1ccc(C2=NN(C(=O)CN3CCN(C(C)=O)CC3)[C@@H](c3ccccc3F)C2)cc1. The molecule has 0 aromatic heterocycles. The van der Waals surface area contributed by atoms with Crippen LogP contribution in [-0.2, 0) is 9.59 Å². The molecule has 2 aliphatic rings. The number of piperazine rings is 1. The first-order valence-electron chi connectivity index (χ1n) is 10.7. The monoisotopic (exact) mass is 438 g/mol. The Hall–Kier alpha value is -3.26. The van der Waals surface area contributed by atoms with E-state index in [1.165, 1.54) is 11.1 Å². The number of rotatable bonds is 5. The van der Waals surface area contributed by atoms with E-state index in [1.807, 2.05) is 29.2 Å². The lowest BCUT2D eigenvalue weighted by molar-refractivity contribution is -0.135. The number of hydrogen-bond donors (Lipinski definition) is 0. The van der Waals surface area contributed by atoms with Gasteiger partial charge >= 0.3 is 0 Å². The van der Waals surface area contributed by atoms with E-state index >= 15 is 0 Å². The van der Waals surface area contributed by atoms with E-state index in [1.54, 1.807) is 37.1 Å². The summed E-state index contributed by atoms with van der Waals surface area (Å²) in [5, 5.41) is 6.05. The minimum Gasteiger partial charge on any atom is -0.497 e. The molecule has 0 radical (unpaired) electrons. The molecule has 2 aromatic rings. The van der Waals surface area contributed by atoms with Crippen molar-refractivity contribution >= 4 is 17.5 Å². The topological polar surface area (TPSA) is 65.5 Å². The van der Waals surface area contributed by atoms with Crippen molar-refractivity contribution in [2.24, 2.45) is 5.10 Å². The van der Waals surface area contributed by atoms with E-state index in [4.69, 9.17) is 4.74 Å². The van der Waals surface area contributed by atoms with Crippen LogP contribution in [0.2, 0.25) is 0 Å². The van der Waals surface area contributed by atoms with Crippen molar-refractivity contribution in [2.75, 3.05) is 39.8 Å². The van der Waals surface area contributed by atoms with Crippen LogP contribution in [0.4, 0.5) is 4.39 Å². The number of carbonyl (C=O) groups excluding carboxylic acids is 2. The Morgan fingerprint density at radius 3 is 2.38 bits per heavy atom. The summed E-state index contributed by atoms with van der Waals surface area (Å²) in [4.78, 5) is 28.6. The van der Waals surface area contributed by atoms with Gasteiger partial charge in [0.05, 0.1) is 25.4 Å². The third kappa shape index (κ3) is 4.65. The molecule has 2 heterocycles. The number of hydrazone groups is 1. The third-order valence-corrected chi connectivity index (χ3v) is 6.03. The zero-order valence-electron chi connectivity index (χ0n) is 18.3. The lowest BCUT2D eigenvalue weighted by atomic mass is 9.98. The normalized spacial score (nSPS) is 19.1. The lowest BCUT2D eigenvalue weighted by Gasteiger charge is -2.34. The minimum absolute atomic E-state index is 0.0452. The van der Waals surface area contributed by atoms with Crippen LogP contribution in [0.25, 0.3) is 0 Å². The predicted octanol–water partition coefficient (Wildman–Crippen LogP) is 2.68. The second-order valence-corrected chi connectivity index (χ2v) is 8.04. The average molecular weight is 439 g/mol. The van der Waals surface area contributed by atoms with Gasteiger partial charge in [0, 0.05) is 45.1 Å². The molecule has 1 atom stereocenters. The molecule has 0 aliphatic carbocycles. The molecule has 168 valence electrons. The molecule has 0 bridgehead atoms. The van der Waals surface area contributed by atoms with Crippen LogP contribution in [0.3, 0.4) is 0 Å².